The van der Waals surface area contributed by atoms with Crippen molar-refractivity contribution in [3.05, 3.63) is 54.0 Å². The second-order valence-electron chi connectivity index (χ2n) is 3.42. The number of rotatable bonds is 1. The van der Waals surface area contributed by atoms with Gasteiger partial charge in [0.25, 0.3) is 0 Å². The number of halogens is 4. The molecule has 88 valence electrons. The van der Waals surface area contributed by atoms with Gasteiger partial charge >= 0.3 is 6.18 Å². The molecule has 1 aromatic carbocycles. The molecule has 0 aliphatic rings. The second-order valence-corrected chi connectivity index (χ2v) is 3.42. The van der Waals surface area contributed by atoms with Gasteiger partial charge in [0.05, 0.1) is 11.3 Å². The van der Waals surface area contributed by atoms with Crippen LogP contribution in [-0.2, 0) is 6.18 Å². The Morgan fingerprint density at radius 1 is 0.941 bits per heavy atom. The summed E-state index contributed by atoms with van der Waals surface area (Å²) in [7, 11) is 0. The van der Waals surface area contributed by atoms with E-state index in [4.69, 9.17) is 0 Å². The number of pyridine rings is 1. The average Bonchev–Trinajstić information content (AvgIpc) is 2.28. The van der Waals surface area contributed by atoms with E-state index in [1.54, 1.807) is 0 Å². The molecular formula is C12H7F4N. The zero-order chi connectivity index (χ0) is 12.5. The smallest absolute Gasteiger partial charge is 0.220 e. The highest BCUT2D eigenvalue weighted by Gasteiger charge is 2.30. The molecule has 0 saturated carbocycles. The van der Waals surface area contributed by atoms with Gasteiger partial charge in [-0.15, -0.1) is 0 Å². The van der Waals surface area contributed by atoms with Gasteiger partial charge in [-0.3, -0.25) is 0 Å². The normalized spacial score (nSPS) is 11.5. The first-order valence-electron chi connectivity index (χ1n) is 4.77. The lowest BCUT2D eigenvalue weighted by Gasteiger charge is -2.08. The molecule has 5 heteroatoms. The van der Waals surface area contributed by atoms with Gasteiger partial charge in [-0.25, -0.2) is 4.98 Å². The third kappa shape index (κ3) is 2.61. The van der Waals surface area contributed by atoms with E-state index in [0.29, 0.717) is 0 Å². The fourth-order valence-electron chi connectivity index (χ4n) is 1.42. The molecular weight excluding hydrogens is 234 g/mol. The van der Waals surface area contributed by atoms with Crippen LogP contribution in [0.3, 0.4) is 0 Å². The summed E-state index contributed by atoms with van der Waals surface area (Å²) < 4.78 is 50.3. The van der Waals surface area contributed by atoms with Crippen molar-refractivity contribution >= 4 is 0 Å². The molecule has 2 aromatic rings. The van der Waals surface area contributed by atoms with E-state index in [1.807, 2.05) is 0 Å². The maximum atomic E-state index is 12.9. The third-order valence-electron chi connectivity index (χ3n) is 2.20. The van der Waals surface area contributed by atoms with Crippen LogP contribution in [0, 0.1) is 5.95 Å². The van der Waals surface area contributed by atoms with Crippen LogP contribution in [0.1, 0.15) is 5.56 Å². The first-order valence-corrected chi connectivity index (χ1v) is 4.77. The Bertz CT molecular complexity index is 534. The standard InChI is InChI=1S/C12H7F4N/c13-11-6-2-5-10(17-11)8-3-1-4-9(7-8)12(14,15)16/h1-7H. The van der Waals surface area contributed by atoms with Gasteiger partial charge in [-0.1, -0.05) is 18.2 Å². The van der Waals surface area contributed by atoms with E-state index >= 15 is 0 Å². The van der Waals surface area contributed by atoms with Crippen LogP contribution in [-0.4, -0.2) is 4.98 Å². The molecule has 0 aliphatic carbocycles. The molecule has 0 radical (unpaired) electrons. The molecule has 0 atom stereocenters. The van der Waals surface area contributed by atoms with Gasteiger partial charge in [0.15, 0.2) is 0 Å². The van der Waals surface area contributed by atoms with Crippen LogP contribution in [0.2, 0.25) is 0 Å². The number of hydrogen-bond donors (Lipinski definition) is 0. The van der Waals surface area contributed by atoms with E-state index < -0.39 is 17.7 Å². The molecule has 0 bridgehead atoms. The predicted octanol–water partition coefficient (Wildman–Crippen LogP) is 3.91. The number of hydrogen-bond acceptors (Lipinski definition) is 1. The summed E-state index contributed by atoms with van der Waals surface area (Å²) in [6.45, 7) is 0. The van der Waals surface area contributed by atoms with Gasteiger partial charge in [0.2, 0.25) is 5.95 Å². The molecule has 0 N–H and O–H groups in total. The summed E-state index contributed by atoms with van der Waals surface area (Å²) in [5.74, 6) is -0.722. The summed E-state index contributed by atoms with van der Waals surface area (Å²) in [6, 6.07) is 8.62. The quantitative estimate of drug-likeness (QED) is 0.545. The molecule has 0 spiro atoms. The van der Waals surface area contributed by atoms with Crippen LogP contribution in [0.5, 0.6) is 0 Å². The van der Waals surface area contributed by atoms with E-state index in [2.05, 4.69) is 4.98 Å². The van der Waals surface area contributed by atoms with Crippen molar-refractivity contribution in [2.24, 2.45) is 0 Å². The molecule has 2 rings (SSSR count). The SMILES string of the molecule is Fc1cccc(-c2cccc(C(F)(F)F)c2)n1. The Morgan fingerprint density at radius 2 is 1.65 bits per heavy atom. The summed E-state index contributed by atoms with van der Waals surface area (Å²) in [4.78, 5) is 3.53. The summed E-state index contributed by atoms with van der Waals surface area (Å²) in [5.41, 5.74) is -0.364. The highest BCUT2D eigenvalue weighted by atomic mass is 19.4. The van der Waals surface area contributed by atoms with Crippen LogP contribution in [0.4, 0.5) is 17.6 Å². The van der Waals surface area contributed by atoms with Crippen LogP contribution in [0.25, 0.3) is 11.3 Å². The molecule has 1 heterocycles. The lowest BCUT2D eigenvalue weighted by molar-refractivity contribution is -0.137. The first kappa shape index (κ1) is 11.6. The first-order chi connectivity index (χ1) is 7.97. The Kier molecular flexibility index (Phi) is 2.83. The van der Waals surface area contributed by atoms with E-state index in [0.717, 1.165) is 18.2 Å². The average molecular weight is 241 g/mol. The lowest BCUT2D eigenvalue weighted by atomic mass is 10.1. The van der Waals surface area contributed by atoms with Crippen molar-refractivity contribution in [3.8, 4) is 11.3 Å². The maximum absolute atomic E-state index is 12.9. The topological polar surface area (TPSA) is 12.9 Å². The molecule has 0 fully saturated rings. The van der Waals surface area contributed by atoms with Gasteiger partial charge in [-0.05, 0) is 24.3 Å². The molecule has 0 aliphatic heterocycles. The van der Waals surface area contributed by atoms with Gasteiger partial charge in [-0.2, -0.15) is 17.6 Å². The van der Waals surface area contributed by atoms with Crippen LogP contribution in [0.15, 0.2) is 42.5 Å². The van der Waals surface area contributed by atoms with E-state index in [9.17, 15) is 17.6 Å². The minimum atomic E-state index is -4.41. The van der Waals surface area contributed by atoms with Gasteiger partial charge < -0.3 is 0 Å². The summed E-state index contributed by atoms with van der Waals surface area (Å²) >= 11 is 0. The number of alkyl halides is 3. The lowest BCUT2D eigenvalue weighted by Crippen LogP contribution is -2.04. The van der Waals surface area contributed by atoms with Crippen LogP contribution >= 0.6 is 0 Å². The molecule has 1 aromatic heterocycles. The molecule has 1 nitrogen and oxygen atoms in total. The molecule has 0 unspecified atom stereocenters. The fourth-order valence-corrected chi connectivity index (χ4v) is 1.42. The Balaban J connectivity index is 2.47. The molecule has 0 amide bonds. The highest BCUT2D eigenvalue weighted by molar-refractivity contribution is 5.59. The minimum Gasteiger partial charge on any atom is -0.220 e. The highest BCUT2D eigenvalue weighted by Crippen LogP contribution is 2.31. The number of nitrogens with zero attached hydrogens (tertiary/aromatic N) is 1. The van der Waals surface area contributed by atoms with Crippen molar-refractivity contribution in [3.63, 3.8) is 0 Å². The van der Waals surface area contributed by atoms with Crippen molar-refractivity contribution < 1.29 is 17.6 Å². The maximum Gasteiger partial charge on any atom is 0.416 e. The number of aromatic nitrogens is 1. The zero-order valence-electron chi connectivity index (χ0n) is 8.50. The predicted molar refractivity (Wildman–Crippen MR) is 54.6 cm³/mol. The Labute approximate surface area is 94.7 Å². The minimum absolute atomic E-state index is 0.177. The van der Waals surface area contributed by atoms with Gasteiger partial charge in [0, 0.05) is 5.56 Å². The van der Waals surface area contributed by atoms with Crippen molar-refractivity contribution in [1.82, 2.24) is 4.98 Å². The number of benzene rings is 1. The Hall–Kier alpha value is -1.91. The molecule has 17 heavy (non-hydrogen) atoms. The van der Waals surface area contributed by atoms with E-state index in [1.165, 1.54) is 24.3 Å². The van der Waals surface area contributed by atoms with Crippen molar-refractivity contribution in [2.75, 3.05) is 0 Å². The monoisotopic (exact) mass is 241 g/mol. The summed E-state index contributed by atoms with van der Waals surface area (Å²) in [5, 5.41) is 0. The van der Waals surface area contributed by atoms with Crippen molar-refractivity contribution in [2.45, 2.75) is 6.18 Å². The van der Waals surface area contributed by atoms with Crippen molar-refractivity contribution in [1.29, 1.82) is 0 Å². The second kappa shape index (κ2) is 4.16. The van der Waals surface area contributed by atoms with Gasteiger partial charge in [0.1, 0.15) is 0 Å². The van der Waals surface area contributed by atoms with E-state index in [-0.39, 0.29) is 11.3 Å². The third-order valence-corrected chi connectivity index (χ3v) is 2.20. The molecule has 0 saturated heterocycles. The summed E-state index contributed by atoms with van der Waals surface area (Å²) in [6.07, 6.45) is -4.41. The largest absolute Gasteiger partial charge is 0.416 e. The van der Waals surface area contributed by atoms with Crippen LogP contribution < -0.4 is 0 Å². The Morgan fingerprint density at radius 3 is 2.29 bits per heavy atom. The zero-order valence-corrected chi connectivity index (χ0v) is 8.50. The fraction of sp³-hybridized carbons (Fsp3) is 0.0833.